The standard InChI is InChI=1S/C13H26N2O3/c1-15(9-3-2-4-10-16)13(17)11-18-12-5-7-14-8-6-12/h12,14,16H,2-11H2,1H3. The molecular weight excluding hydrogens is 232 g/mol. The molecule has 1 saturated heterocycles. The van der Waals surface area contributed by atoms with Crippen LogP contribution in [0.25, 0.3) is 0 Å². The van der Waals surface area contributed by atoms with E-state index in [1.54, 1.807) is 4.90 Å². The molecule has 5 nitrogen and oxygen atoms in total. The van der Waals surface area contributed by atoms with Gasteiger partial charge in [-0.3, -0.25) is 4.79 Å². The van der Waals surface area contributed by atoms with Crippen LogP contribution in [-0.4, -0.2) is 61.9 Å². The van der Waals surface area contributed by atoms with Crippen molar-refractivity contribution in [2.75, 3.05) is 39.9 Å². The number of unbranched alkanes of at least 4 members (excludes halogenated alkanes) is 2. The molecule has 0 spiro atoms. The number of carbonyl (C=O) groups excluding carboxylic acids is 1. The molecule has 1 aliphatic rings. The molecule has 0 aromatic heterocycles. The third-order valence-electron chi connectivity index (χ3n) is 3.31. The Bertz CT molecular complexity index is 230. The van der Waals surface area contributed by atoms with Gasteiger partial charge in [0, 0.05) is 20.2 Å². The quantitative estimate of drug-likeness (QED) is 0.618. The lowest BCUT2D eigenvalue weighted by atomic mass is 10.1. The van der Waals surface area contributed by atoms with E-state index >= 15 is 0 Å². The maximum Gasteiger partial charge on any atom is 0.248 e. The van der Waals surface area contributed by atoms with E-state index in [1.807, 2.05) is 7.05 Å². The largest absolute Gasteiger partial charge is 0.396 e. The van der Waals surface area contributed by atoms with Crippen LogP contribution >= 0.6 is 0 Å². The summed E-state index contributed by atoms with van der Waals surface area (Å²) >= 11 is 0. The molecule has 0 aromatic rings. The minimum absolute atomic E-state index is 0.0533. The molecule has 106 valence electrons. The van der Waals surface area contributed by atoms with Crippen LogP contribution in [0.4, 0.5) is 0 Å². The fraction of sp³-hybridized carbons (Fsp3) is 0.923. The molecule has 0 bridgehead atoms. The van der Waals surface area contributed by atoms with Crippen molar-refractivity contribution >= 4 is 5.91 Å². The average molecular weight is 258 g/mol. The van der Waals surface area contributed by atoms with Crippen LogP contribution < -0.4 is 5.32 Å². The number of likely N-dealkylation sites (N-methyl/N-ethyl adjacent to an activating group) is 1. The lowest BCUT2D eigenvalue weighted by molar-refractivity contribution is -0.137. The van der Waals surface area contributed by atoms with Crippen LogP contribution in [0.3, 0.4) is 0 Å². The van der Waals surface area contributed by atoms with Crippen LogP contribution in [0, 0.1) is 0 Å². The predicted molar refractivity (Wildman–Crippen MR) is 70.4 cm³/mol. The molecule has 18 heavy (non-hydrogen) atoms. The molecule has 0 saturated carbocycles. The van der Waals surface area contributed by atoms with Crippen molar-refractivity contribution in [2.24, 2.45) is 0 Å². The van der Waals surface area contributed by atoms with Gasteiger partial charge in [0.25, 0.3) is 0 Å². The number of amides is 1. The van der Waals surface area contributed by atoms with Crippen molar-refractivity contribution in [3.63, 3.8) is 0 Å². The van der Waals surface area contributed by atoms with E-state index in [2.05, 4.69) is 5.32 Å². The second-order valence-electron chi connectivity index (χ2n) is 4.86. The van der Waals surface area contributed by atoms with E-state index in [1.165, 1.54) is 0 Å². The topological polar surface area (TPSA) is 61.8 Å². The van der Waals surface area contributed by atoms with Gasteiger partial charge in [-0.25, -0.2) is 0 Å². The monoisotopic (exact) mass is 258 g/mol. The van der Waals surface area contributed by atoms with Gasteiger partial charge in [-0.15, -0.1) is 0 Å². The number of nitrogens with zero attached hydrogens (tertiary/aromatic N) is 1. The van der Waals surface area contributed by atoms with Crippen LogP contribution in [0.15, 0.2) is 0 Å². The molecule has 0 radical (unpaired) electrons. The average Bonchev–Trinajstić information content (AvgIpc) is 2.42. The Morgan fingerprint density at radius 2 is 2.06 bits per heavy atom. The number of carbonyl (C=O) groups is 1. The van der Waals surface area contributed by atoms with Crippen molar-refractivity contribution in [1.29, 1.82) is 0 Å². The summed E-state index contributed by atoms with van der Waals surface area (Å²) in [5.41, 5.74) is 0. The second-order valence-corrected chi connectivity index (χ2v) is 4.86. The highest BCUT2D eigenvalue weighted by Gasteiger charge is 2.16. The number of hydrogen-bond acceptors (Lipinski definition) is 4. The predicted octanol–water partition coefficient (Wildman–Crippen LogP) is 0.376. The molecule has 0 unspecified atom stereocenters. The second kappa shape index (κ2) is 9.30. The number of aliphatic hydroxyl groups is 1. The summed E-state index contributed by atoms with van der Waals surface area (Å²) in [6.45, 7) is 3.14. The van der Waals surface area contributed by atoms with E-state index in [-0.39, 0.29) is 25.2 Å². The van der Waals surface area contributed by atoms with Gasteiger partial charge in [0.05, 0.1) is 6.10 Å². The first kappa shape index (κ1) is 15.4. The Hall–Kier alpha value is -0.650. The maximum absolute atomic E-state index is 11.8. The maximum atomic E-state index is 11.8. The van der Waals surface area contributed by atoms with Crippen LogP contribution in [0.5, 0.6) is 0 Å². The number of rotatable bonds is 8. The van der Waals surface area contributed by atoms with E-state index in [0.717, 1.165) is 51.7 Å². The smallest absolute Gasteiger partial charge is 0.248 e. The fourth-order valence-corrected chi connectivity index (χ4v) is 2.02. The van der Waals surface area contributed by atoms with Gasteiger partial charge in [0.1, 0.15) is 6.61 Å². The summed E-state index contributed by atoms with van der Waals surface area (Å²) in [6, 6.07) is 0. The molecule has 1 heterocycles. The fourth-order valence-electron chi connectivity index (χ4n) is 2.02. The van der Waals surface area contributed by atoms with E-state index in [4.69, 9.17) is 9.84 Å². The summed E-state index contributed by atoms with van der Waals surface area (Å²) in [5, 5.41) is 11.9. The zero-order valence-electron chi connectivity index (χ0n) is 11.4. The number of nitrogens with one attached hydrogen (secondary N) is 1. The van der Waals surface area contributed by atoms with Crippen LogP contribution in [0.2, 0.25) is 0 Å². The van der Waals surface area contributed by atoms with Gasteiger partial charge in [-0.2, -0.15) is 0 Å². The first-order valence-corrected chi connectivity index (χ1v) is 6.91. The van der Waals surface area contributed by atoms with Gasteiger partial charge >= 0.3 is 0 Å². The molecule has 1 fully saturated rings. The highest BCUT2D eigenvalue weighted by Crippen LogP contribution is 2.07. The molecule has 2 N–H and O–H groups in total. The minimum Gasteiger partial charge on any atom is -0.396 e. The first-order chi connectivity index (χ1) is 8.74. The molecule has 1 rings (SSSR count). The Balaban J connectivity index is 2.07. The third kappa shape index (κ3) is 6.33. The summed E-state index contributed by atoms with van der Waals surface area (Å²) in [6.07, 6.45) is 4.94. The highest BCUT2D eigenvalue weighted by atomic mass is 16.5. The van der Waals surface area contributed by atoms with Gasteiger partial charge in [0.15, 0.2) is 0 Å². The van der Waals surface area contributed by atoms with Gasteiger partial charge in [-0.05, 0) is 45.2 Å². The Morgan fingerprint density at radius 3 is 2.72 bits per heavy atom. The first-order valence-electron chi connectivity index (χ1n) is 6.91. The summed E-state index contributed by atoms with van der Waals surface area (Å²) in [7, 11) is 1.81. The summed E-state index contributed by atoms with van der Waals surface area (Å²) in [4.78, 5) is 13.5. The minimum atomic E-state index is 0.0533. The third-order valence-corrected chi connectivity index (χ3v) is 3.31. The molecule has 5 heteroatoms. The molecular formula is C13H26N2O3. The van der Waals surface area contributed by atoms with E-state index in [0.29, 0.717) is 0 Å². The Labute approximate surface area is 109 Å². The Morgan fingerprint density at radius 1 is 1.33 bits per heavy atom. The van der Waals surface area contributed by atoms with Crippen molar-refractivity contribution in [3.8, 4) is 0 Å². The molecule has 0 aliphatic carbocycles. The van der Waals surface area contributed by atoms with Gasteiger partial charge < -0.3 is 20.1 Å². The number of hydrogen-bond donors (Lipinski definition) is 2. The van der Waals surface area contributed by atoms with Crippen molar-refractivity contribution < 1.29 is 14.6 Å². The molecule has 0 atom stereocenters. The lowest BCUT2D eigenvalue weighted by Crippen LogP contribution is -2.36. The summed E-state index contributed by atoms with van der Waals surface area (Å²) < 4.78 is 5.62. The van der Waals surface area contributed by atoms with Crippen LogP contribution in [-0.2, 0) is 9.53 Å². The van der Waals surface area contributed by atoms with Crippen molar-refractivity contribution in [1.82, 2.24) is 10.2 Å². The van der Waals surface area contributed by atoms with Crippen molar-refractivity contribution in [3.05, 3.63) is 0 Å². The van der Waals surface area contributed by atoms with Crippen molar-refractivity contribution in [2.45, 2.75) is 38.2 Å². The molecule has 1 amide bonds. The van der Waals surface area contributed by atoms with E-state index in [9.17, 15) is 4.79 Å². The van der Waals surface area contributed by atoms with E-state index < -0.39 is 0 Å². The van der Waals surface area contributed by atoms with Gasteiger partial charge in [0.2, 0.25) is 5.91 Å². The highest BCUT2D eigenvalue weighted by molar-refractivity contribution is 5.77. The number of ether oxygens (including phenoxy) is 1. The SMILES string of the molecule is CN(CCCCCO)C(=O)COC1CCNCC1. The zero-order valence-corrected chi connectivity index (χ0v) is 11.4. The van der Waals surface area contributed by atoms with Crippen LogP contribution in [0.1, 0.15) is 32.1 Å². The Kier molecular flexibility index (Phi) is 7.96. The number of aliphatic hydroxyl groups excluding tert-OH is 1. The normalized spacial score (nSPS) is 16.8. The molecule has 0 aromatic carbocycles. The lowest BCUT2D eigenvalue weighted by Gasteiger charge is -2.24. The number of piperidine rings is 1. The molecule has 1 aliphatic heterocycles. The van der Waals surface area contributed by atoms with Gasteiger partial charge in [-0.1, -0.05) is 0 Å². The summed E-state index contributed by atoms with van der Waals surface area (Å²) in [5.74, 6) is 0.0533. The zero-order chi connectivity index (χ0) is 13.2.